The number of unbranched alkanes of at least 4 members (excludes halogenated alkanes) is 1. The molecule has 1 fully saturated rings. The Morgan fingerprint density at radius 2 is 1.75 bits per heavy atom. The van der Waals surface area contributed by atoms with Crippen LogP contribution in [0, 0.1) is 11.3 Å². The first-order chi connectivity index (χ1) is 7.30. The lowest BCUT2D eigenvalue weighted by Gasteiger charge is -2.32. The average molecular weight is 221 g/mol. The molecule has 0 amide bonds. The van der Waals surface area contributed by atoms with E-state index in [1.54, 1.807) is 0 Å². The third kappa shape index (κ3) is 2.66. The molecule has 3 nitrogen and oxygen atoms in total. The highest BCUT2D eigenvalue weighted by molar-refractivity contribution is 6.54. The van der Waals surface area contributed by atoms with Crippen molar-refractivity contribution in [2.24, 2.45) is 0 Å². The fraction of sp³-hybridized carbons (Fsp3) is 0.750. The Morgan fingerprint density at radius 3 is 2.19 bits per heavy atom. The molecule has 0 saturated carbocycles. The predicted molar refractivity (Wildman–Crippen MR) is 64.7 cm³/mol. The van der Waals surface area contributed by atoms with Gasteiger partial charge in [-0.25, -0.2) is 0 Å². The summed E-state index contributed by atoms with van der Waals surface area (Å²) in [6.45, 7) is 12.1. The molecule has 0 aromatic carbocycles. The van der Waals surface area contributed by atoms with Crippen molar-refractivity contribution in [3.8, 4) is 6.07 Å². The van der Waals surface area contributed by atoms with E-state index in [4.69, 9.17) is 14.6 Å². The van der Waals surface area contributed by atoms with Crippen molar-refractivity contribution in [1.29, 1.82) is 5.26 Å². The summed E-state index contributed by atoms with van der Waals surface area (Å²) in [6, 6.07) is 2.12. The minimum atomic E-state index is -0.330. The predicted octanol–water partition coefficient (Wildman–Crippen LogP) is 2.87. The summed E-state index contributed by atoms with van der Waals surface area (Å²) in [5.74, 6) is 0. The van der Waals surface area contributed by atoms with Crippen LogP contribution in [0.2, 0.25) is 0 Å². The number of nitrogens with zero attached hydrogens (tertiary/aromatic N) is 1. The number of hydrogen-bond donors (Lipinski definition) is 0. The second-order valence-corrected chi connectivity index (χ2v) is 5.26. The van der Waals surface area contributed by atoms with Crippen molar-refractivity contribution in [3.63, 3.8) is 0 Å². The molecule has 0 atom stereocenters. The lowest BCUT2D eigenvalue weighted by Crippen LogP contribution is -2.41. The van der Waals surface area contributed by atoms with Crippen molar-refractivity contribution in [2.75, 3.05) is 0 Å². The van der Waals surface area contributed by atoms with Gasteiger partial charge in [0.25, 0.3) is 0 Å². The van der Waals surface area contributed by atoms with E-state index in [0.717, 1.165) is 18.3 Å². The normalized spacial score (nSPS) is 21.8. The van der Waals surface area contributed by atoms with Crippen LogP contribution in [0.25, 0.3) is 0 Å². The molecule has 1 saturated heterocycles. The molecule has 0 bridgehead atoms. The van der Waals surface area contributed by atoms with Crippen molar-refractivity contribution < 1.29 is 9.31 Å². The van der Waals surface area contributed by atoms with Crippen molar-refractivity contribution in [1.82, 2.24) is 0 Å². The molecule has 1 rings (SSSR count). The standard InChI is InChI=1S/C12H20BNO2/c1-10(8-6-7-9-14)13-15-11(2,3)12(4,5)16-13/h1,6-8H2,2-5H3. The first-order valence-electron chi connectivity index (χ1n) is 5.70. The molecule has 0 N–H and O–H groups in total. The van der Waals surface area contributed by atoms with E-state index < -0.39 is 0 Å². The zero-order valence-corrected chi connectivity index (χ0v) is 10.7. The van der Waals surface area contributed by atoms with Gasteiger partial charge in [0.2, 0.25) is 0 Å². The van der Waals surface area contributed by atoms with Gasteiger partial charge in [0.15, 0.2) is 0 Å². The van der Waals surface area contributed by atoms with Crippen LogP contribution in [0.5, 0.6) is 0 Å². The summed E-state index contributed by atoms with van der Waals surface area (Å²) in [7, 11) is -0.330. The Hall–Kier alpha value is -0.785. The first-order valence-corrected chi connectivity index (χ1v) is 5.70. The van der Waals surface area contributed by atoms with E-state index in [2.05, 4.69) is 12.6 Å². The van der Waals surface area contributed by atoms with Crippen molar-refractivity contribution in [3.05, 3.63) is 12.1 Å². The molecule has 16 heavy (non-hydrogen) atoms. The lowest BCUT2D eigenvalue weighted by molar-refractivity contribution is 0.00578. The third-order valence-corrected chi connectivity index (χ3v) is 3.37. The summed E-state index contributed by atoms with van der Waals surface area (Å²) >= 11 is 0. The van der Waals surface area contributed by atoms with E-state index >= 15 is 0 Å². The van der Waals surface area contributed by atoms with E-state index in [1.165, 1.54) is 0 Å². The van der Waals surface area contributed by atoms with Gasteiger partial charge in [-0.05, 0) is 46.0 Å². The second kappa shape index (κ2) is 4.61. The van der Waals surface area contributed by atoms with Gasteiger partial charge < -0.3 is 9.31 Å². The van der Waals surface area contributed by atoms with E-state index in [9.17, 15) is 0 Å². The minimum Gasteiger partial charge on any atom is -0.400 e. The highest BCUT2D eigenvalue weighted by atomic mass is 16.7. The Labute approximate surface area is 98.6 Å². The van der Waals surface area contributed by atoms with Gasteiger partial charge in [0.1, 0.15) is 0 Å². The molecule has 0 unspecified atom stereocenters. The smallest absolute Gasteiger partial charge is 0.400 e. The fourth-order valence-electron chi connectivity index (χ4n) is 1.52. The first kappa shape index (κ1) is 13.3. The van der Waals surface area contributed by atoms with Gasteiger partial charge in [-0.2, -0.15) is 5.26 Å². The Kier molecular flexibility index (Phi) is 3.82. The molecular weight excluding hydrogens is 201 g/mol. The average Bonchev–Trinajstić information content (AvgIpc) is 2.36. The van der Waals surface area contributed by atoms with Gasteiger partial charge >= 0.3 is 7.12 Å². The molecule has 0 aliphatic carbocycles. The summed E-state index contributed by atoms with van der Waals surface area (Å²) in [5.41, 5.74) is 0.306. The molecule has 0 aromatic heterocycles. The summed E-state index contributed by atoms with van der Waals surface area (Å²) in [5, 5.41) is 8.47. The highest BCUT2D eigenvalue weighted by Crippen LogP contribution is 2.38. The molecule has 0 aromatic rings. The third-order valence-electron chi connectivity index (χ3n) is 3.37. The van der Waals surface area contributed by atoms with Crippen LogP contribution in [-0.2, 0) is 9.31 Å². The summed E-state index contributed by atoms with van der Waals surface area (Å²) < 4.78 is 11.7. The van der Waals surface area contributed by atoms with Gasteiger partial charge in [-0.1, -0.05) is 0 Å². The van der Waals surface area contributed by atoms with E-state index in [-0.39, 0.29) is 18.3 Å². The van der Waals surface area contributed by atoms with Gasteiger partial charge in [-0.3, -0.25) is 0 Å². The highest BCUT2D eigenvalue weighted by Gasteiger charge is 2.51. The van der Waals surface area contributed by atoms with Crippen molar-refractivity contribution >= 4 is 7.12 Å². The van der Waals surface area contributed by atoms with E-state index in [0.29, 0.717) is 6.42 Å². The Morgan fingerprint density at radius 1 is 1.25 bits per heavy atom. The molecule has 0 radical (unpaired) electrons. The van der Waals surface area contributed by atoms with Crippen molar-refractivity contribution in [2.45, 2.75) is 58.2 Å². The minimum absolute atomic E-state index is 0.310. The maximum absolute atomic E-state index is 8.47. The number of rotatable bonds is 4. The van der Waals surface area contributed by atoms with E-state index in [1.807, 2.05) is 27.7 Å². The van der Waals surface area contributed by atoms with Crippen LogP contribution in [0.1, 0.15) is 47.0 Å². The zero-order chi connectivity index (χ0) is 12.4. The monoisotopic (exact) mass is 221 g/mol. The fourth-order valence-corrected chi connectivity index (χ4v) is 1.52. The van der Waals surface area contributed by atoms with Crippen LogP contribution in [0.15, 0.2) is 12.1 Å². The molecule has 1 aliphatic heterocycles. The van der Waals surface area contributed by atoms with Crippen LogP contribution in [0.4, 0.5) is 0 Å². The number of allylic oxidation sites excluding steroid dienone is 1. The van der Waals surface area contributed by atoms with Gasteiger partial charge in [-0.15, -0.1) is 6.58 Å². The summed E-state index contributed by atoms with van der Waals surface area (Å²) in [4.78, 5) is 0. The maximum Gasteiger partial charge on any atom is 0.489 e. The van der Waals surface area contributed by atoms with Crippen LogP contribution in [0.3, 0.4) is 0 Å². The largest absolute Gasteiger partial charge is 0.489 e. The number of hydrogen-bond acceptors (Lipinski definition) is 3. The summed E-state index contributed by atoms with van der Waals surface area (Å²) in [6.07, 6.45) is 2.16. The Bertz CT molecular complexity index is 301. The molecule has 1 heterocycles. The number of nitriles is 1. The lowest BCUT2D eigenvalue weighted by atomic mass is 9.76. The molecule has 4 heteroatoms. The molecule has 0 spiro atoms. The van der Waals surface area contributed by atoms with Crippen LogP contribution in [-0.4, -0.2) is 18.3 Å². The quantitative estimate of drug-likeness (QED) is 0.541. The Balaban J connectivity index is 2.53. The molecule has 88 valence electrons. The SMILES string of the molecule is C=C(CCCC#N)B1OC(C)(C)C(C)(C)O1. The van der Waals surface area contributed by atoms with Gasteiger partial charge in [0.05, 0.1) is 17.3 Å². The van der Waals surface area contributed by atoms with Gasteiger partial charge in [0, 0.05) is 6.42 Å². The second-order valence-electron chi connectivity index (χ2n) is 5.26. The topological polar surface area (TPSA) is 42.2 Å². The molecule has 1 aliphatic rings. The van der Waals surface area contributed by atoms with Crippen LogP contribution >= 0.6 is 0 Å². The van der Waals surface area contributed by atoms with Crippen LogP contribution < -0.4 is 0 Å². The zero-order valence-electron chi connectivity index (χ0n) is 10.7. The molecular formula is C12H20BNO2. The maximum atomic E-state index is 8.47.